The summed E-state index contributed by atoms with van der Waals surface area (Å²) in [6, 6.07) is 12.7. The molecule has 5 nitrogen and oxygen atoms in total. The number of rotatable bonds is 9. The number of hydrogen-bond donors (Lipinski definition) is 2. The molecule has 0 atom stereocenters. The molecular formula is C21H25NO4S. The molecule has 0 saturated heterocycles. The van der Waals surface area contributed by atoms with Crippen LogP contribution >= 0.6 is 0 Å². The van der Waals surface area contributed by atoms with Crippen molar-refractivity contribution in [2.45, 2.75) is 37.5 Å². The van der Waals surface area contributed by atoms with E-state index in [-0.39, 0.29) is 22.3 Å². The zero-order chi connectivity index (χ0) is 19.7. The van der Waals surface area contributed by atoms with Crippen molar-refractivity contribution < 1.29 is 18.3 Å². The third-order valence-electron chi connectivity index (χ3n) is 4.07. The molecule has 0 aliphatic heterocycles. The molecule has 0 saturated carbocycles. The van der Waals surface area contributed by atoms with E-state index in [1.807, 2.05) is 0 Å². The second-order valence-corrected chi connectivity index (χ2v) is 8.43. The molecule has 2 rings (SSSR count). The van der Waals surface area contributed by atoms with Crippen LogP contribution in [0.25, 0.3) is 6.08 Å². The molecule has 2 aromatic carbocycles. The van der Waals surface area contributed by atoms with E-state index in [0.29, 0.717) is 12.1 Å². The lowest BCUT2D eigenvalue weighted by Gasteiger charge is -2.06. The second kappa shape index (κ2) is 9.92. The standard InChI is InChI=1S/C21H25NO4S/c1-2-3-4-5-16-27(25,26)20-13-9-18(10-14-20)22-21(24)15-8-17-6-11-19(23)12-7-17/h6-15,23H,2-5,16H2,1H3,(H,22,24)/b15-8+. The topological polar surface area (TPSA) is 83.5 Å². The fraction of sp³-hybridized carbons (Fsp3) is 0.286. The molecule has 0 aliphatic rings. The quantitative estimate of drug-likeness (QED) is 0.493. The van der Waals surface area contributed by atoms with Gasteiger partial charge in [-0.2, -0.15) is 0 Å². The first-order chi connectivity index (χ1) is 12.9. The number of nitrogens with one attached hydrogen (secondary N) is 1. The summed E-state index contributed by atoms with van der Waals surface area (Å²) < 4.78 is 24.6. The van der Waals surface area contributed by atoms with E-state index >= 15 is 0 Å². The van der Waals surface area contributed by atoms with Gasteiger partial charge in [-0.1, -0.05) is 38.3 Å². The van der Waals surface area contributed by atoms with E-state index in [0.717, 1.165) is 24.8 Å². The summed E-state index contributed by atoms with van der Waals surface area (Å²) in [7, 11) is -3.28. The van der Waals surface area contributed by atoms with Crippen molar-refractivity contribution in [3.8, 4) is 5.75 Å². The van der Waals surface area contributed by atoms with Crippen molar-refractivity contribution in [2.75, 3.05) is 11.1 Å². The van der Waals surface area contributed by atoms with Gasteiger partial charge in [0.25, 0.3) is 0 Å². The number of phenolic OH excluding ortho intramolecular Hbond substituents is 1. The van der Waals surface area contributed by atoms with Gasteiger partial charge in [0.05, 0.1) is 10.6 Å². The van der Waals surface area contributed by atoms with Crippen LogP contribution in [0.1, 0.15) is 38.2 Å². The van der Waals surface area contributed by atoms with Gasteiger partial charge < -0.3 is 10.4 Å². The highest BCUT2D eigenvalue weighted by molar-refractivity contribution is 7.91. The number of aromatic hydroxyl groups is 1. The van der Waals surface area contributed by atoms with Crippen LogP contribution in [0.15, 0.2) is 59.5 Å². The molecule has 0 unspecified atom stereocenters. The molecule has 27 heavy (non-hydrogen) atoms. The number of anilines is 1. The summed E-state index contributed by atoms with van der Waals surface area (Å²) in [5.74, 6) is -0.0103. The summed E-state index contributed by atoms with van der Waals surface area (Å²) in [5.41, 5.74) is 1.31. The van der Waals surface area contributed by atoms with E-state index in [9.17, 15) is 18.3 Å². The Morgan fingerprint density at radius 1 is 1.00 bits per heavy atom. The minimum absolute atomic E-state index is 0.147. The predicted molar refractivity (Wildman–Crippen MR) is 108 cm³/mol. The maximum atomic E-state index is 12.3. The largest absolute Gasteiger partial charge is 0.508 e. The molecule has 0 spiro atoms. The van der Waals surface area contributed by atoms with Crippen molar-refractivity contribution in [2.24, 2.45) is 0 Å². The van der Waals surface area contributed by atoms with Crippen LogP contribution in [0.5, 0.6) is 5.75 Å². The first-order valence-electron chi connectivity index (χ1n) is 9.01. The van der Waals surface area contributed by atoms with Crippen LogP contribution < -0.4 is 5.32 Å². The fourth-order valence-electron chi connectivity index (χ4n) is 2.52. The summed E-state index contributed by atoms with van der Waals surface area (Å²) >= 11 is 0. The van der Waals surface area contributed by atoms with Crippen molar-refractivity contribution in [3.63, 3.8) is 0 Å². The minimum Gasteiger partial charge on any atom is -0.508 e. The molecule has 2 aromatic rings. The van der Waals surface area contributed by atoms with Gasteiger partial charge >= 0.3 is 0 Å². The second-order valence-electron chi connectivity index (χ2n) is 6.32. The van der Waals surface area contributed by atoms with E-state index in [1.54, 1.807) is 42.5 Å². The molecule has 0 heterocycles. The van der Waals surface area contributed by atoms with Crippen LogP contribution in [0.2, 0.25) is 0 Å². The van der Waals surface area contributed by atoms with Gasteiger partial charge in [-0.25, -0.2) is 8.42 Å². The molecular weight excluding hydrogens is 362 g/mol. The number of carbonyl (C=O) groups is 1. The normalized spacial score (nSPS) is 11.6. The van der Waals surface area contributed by atoms with Gasteiger partial charge in [-0.05, 0) is 54.5 Å². The highest BCUT2D eigenvalue weighted by atomic mass is 32.2. The highest BCUT2D eigenvalue weighted by Crippen LogP contribution is 2.17. The Kier molecular flexibility index (Phi) is 7.61. The van der Waals surface area contributed by atoms with Crippen LogP contribution in [0.4, 0.5) is 5.69 Å². The average Bonchev–Trinajstić information content (AvgIpc) is 2.65. The van der Waals surface area contributed by atoms with E-state index in [1.165, 1.54) is 18.2 Å². The van der Waals surface area contributed by atoms with Crippen LogP contribution in [0, 0.1) is 0 Å². The van der Waals surface area contributed by atoms with Gasteiger partial charge in [-0.15, -0.1) is 0 Å². The first kappa shape index (κ1) is 20.7. The van der Waals surface area contributed by atoms with Gasteiger partial charge in [0.2, 0.25) is 5.91 Å². The lowest BCUT2D eigenvalue weighted by Crippen LogP contribution is -2.09. The van der Waals surface area contributed by atoms with Crippen molar-refractivity contribution in [1.29, 1.82) is 0 Å². The van der Waals surface area contributed by atoms with Gasteiger partial charge in [0.1, 0.15) is 5.75 Å². The number of carbonyl (C=O) groups excluding carboxylic acids is 1. The molecule has 6 heteroatoms. The van der Waals surface area contributed by atoms with Gasteiger partial charge in [-0.3, -0.25) is 4.79 Å². The summed E-state index contributed by atoms with van der Waals surface area (Å²) in [4.78, 5) is 12.2. The number of hydrogen-bond acceptors (Lipinski definition) is 4. The minimum atomic E-state index is -3.28. The van der Waals surface area contributed by atoms with E-state index < -0.39 is 9.84 Å². The Morgan fingerprint density at radius 3 is 2.30 bits per heavy atom. The molecule has 0 aromatic heterocycles. The smallest absolute Gasteiger partial charge is 0.248 e. The van der Waals surface area contributed by atoms with Crippen LogP contribution in [-0.2, 0) is 14.6 Å². The average molecular weight is 388 g/mol. The fourth-order valence-corrected chi connectivity index (χ4v) is 3.89. The molecule has 1 amide bonds. The first-order valence-corrected chi connectivity index (χ1v) is 10.7. The molecule has 0 bridgehead atoms. The molecule has 0 fully saturated rings. The highest BCUT2D eigenvalue weighted by Gasteiger charge is 2.13. The lowest BCUT2D eigenvalue weighted by molar-refractivity contribution is -0.111. The van der Waals surface area contributed by atoms with Crippen LogP contribution in [0.3, 0.4) is 0 Å². The van der Waals surface area contributed by atoms with E-state index in [2.05, 4.69) is 12.2 Å². The summed E-state index contributed by atoms with van der Waals surface area (Å²) in [6.45, 7) is 2.08. The maximum Gasteiger partial charge on any atom is 0.248 e. The molecule has 0 radical (unpaired) electrons. The third-order valence-corrected chi connectivity index (χ3v) is 5.88. The van der Waals surface area contributed by atoms with E-state index in [4.69, 9.17) is 0 Å². The van der Waals surface area contributed by atoms with Gasteiger partial charge in [0.15, 0.2) is 9.84 Å². The number of unbranched alkanes of at least 4 members (excludes halogenated alkanes) is 3. The zero-order valence-electron chi connectivity index (χ0n) is 15.4. The Balaban J connectivity index is 1.92. The molecule has 144 valence electrons. The monoisotopic (exact) mass is 387 g/mol. The van der Waals surface area contributed by atoms with Crippen molar-refractivity contribution >= 4 is 27.5 Å². The third kappa shape index (κ3) is 6.90. The molecule has 2 N–H and O–H groups in total. The zero-order valence-corrected chi connectivity index (χ0v) is 16.2. The Bertz CT molecular complexity index is 869. The Morgan fingerprint density at radius 2 is 1.67 bits per heavy atom. The van der Waals surface area contributed by atoms with Crippen molar-refractivity contribution in [3.05, 3.63) is 60.2 Å². The Hall–Kier alpha value is -2.60. The summed E-state index contributed by atoms with van der Waals surface area (Å²) in [6.07, 6.45) is 6.69. The Labute approximate surface area is 160 Å². The van der Waals surface area contributed by atoms with Crippen molar-refractivity contribution in [1.82, 2.24) is 0 Å². The predicted octanol–water partition coefficient (Wildman–Crippen LogP) is 4.40. The SMILES string of the molecule is CCCCCCS(=O)(=O)c1ccc(NC(=O)/C=C/c2ccc(O)cc2)cc1. The maximum absolute atomic E-state index is 12.3. The molecule has 0 aliphatic carbocycles. The van der Waals surface area contributed by atoms with Gasteiger partial charge in [0, 0.05) is 11.8 Å². The number of sulfone groups is 1. The summed E-state index contributed by atoms with van der Waals surface area (Å²) in [5, 5.41) is 11.9. The van der Waals surface area contributed by atoms with Crippen LogP contribution in [-0.4, -0.2) is 25.2 Å². The number of phenols is 1. The number of benzene rings is 2. The lowest BCUT2D eigenvalue weighted by atomic mass is 10.2. The number of amides is 1.